The Morgan fingerprint density at radius 3 is 2.67 bits per heavy atom. The van der Waals surface area contributed by atoms with Gasteiger partial charge in [-0.25, -0.2) is 9.78 Å². The molecule has 0 spiro atoms. The van der Waals surface area contributed by atoms with Crippen molar-refractivity contribution in [2.75, 3.05) is 0 Å². The van der Waals surface area contributed by atoms with Gasteiger partial charge in [-0.15, -0.1) is 0 Å². The molecule has 0 aliphatic carbocycles. The number of fused-ring (bicyclic) bond motifs is 1. The summed E-state index contributed by atoms with van der Waals surface area (Å²) >= 11 is 0. The second-order valence-corrected chi connectivity index (χ2v) is 4.75. The highest BCUT2D eigenvalue weighted by Crippen LogP contribution is 2.24. The summed E-state index contributed by atoms with van der Waals surface area (Å²) in [4.78, 5) is 41.9. The van der Waals surface area contributed by atoms with E-state index in [2.05, 4.69) is 9.97 Å². The van der Waals surface area contributed by atoms with E-state index in [1.54, 1.807) is 17.0 Å². The molecule has 1 aromatic heterocycles. The molecule has 106 valence electrons. The standard InChI is InChI=1S/C14H11N3O4/c18-12-5-15-11(4-16-12)13(19)17-6-9-2-1-8(14(20)21)3-10(9)7-17/h1-5H,6-7H2,(H,16,18)(H,20,21). The number of aromatic carboxylic acids is 1. The van der Waals surface area contributed by atoms with Gasteiger partial charge in [0.2, 0.25) is 0 Å². The van der Waals surface area contributed by atoms with Gasteiger partial charge < -0.3 is 15.0 Å². The first-order valence-electron chi connectivity index (χ1n) is 6.24. The van der Waals surface area contributed by atoms with Crippen LogP contribution in [0.4, 0.5) is 0 Å². The summed E-state index contributed by atoms with van der Waals surface area (Å²) in [5, 5.41) is 8.97. The Labute approximate surface area is 118 Å². The van der Waals surface area contributed by atoms with Gasteiger partial charge >= 0.3 is 5.97 Å². The minimum absolute atomic E-state index is 0.154. The monoisotopic (exact) mass is 285 g/mol. The Bertz CT molecular complexity index is 777. The van der Waals surface area contributed by atoms with E-state index in [0.29, 0.717) is 13.1 Å². The summed E-state index contributed by atoms with van der Waals surface area (Å²) in [7, 11) is 0. The molecule has 0 saturated heterocycles. The lowest BCUT2D eigenvalue weighted by molar-refractivity contribution is 0.0696. The van der Waals surface area contributed by atoms with E-state index < -0.39 is 5.97 Å². The maximum Gasteiger partial charge on any atom is 0.335 e. The van der Waals surface area contributed by atoms with E-state index in [1.807, 2.05) is 0 Å². The maximum absolute atomic E-state index is 12.3. The second kappa shape index (κ2) is 4.86. The fourth-order valence-corrected chi connectivity index (χ4v) is 2.29. The van der Waals surface area contributed by atoms with Crippen LogP contribution in [-0.2, 0) is 13.1 Å². The van der Waals surface area contributed by atoms with E-state index >= 15 is 0 Å². The van der Waals surface area contributed by atoms with Crippen LogP contribution in [0.5, 0.6) is 0 Å². The van der Waals surface area contributed by atoms with Crippen molar-refractivity contribution >= 4 is 11.9 Å². The smallest absolute Gasteiger partial charge is 0.335 e. The lowest BCUT2D eigenvalue weighted by Crippen LogP contribution is -2.27. The SMILES string of the molecule is O=C(O)c1ccc2c(c1)CN(C(=O)c1c[nH]c(=O)cn1)C2. The predicted molar refractivity (Wildman–Crippen MR) is 71.8 cm³/mol. The van der Waals surface area contributed by atoms with Crippen LogP contribution in [0, 0.1) is 0 Å². The van der Waals surface area contributed by atoms with E-state index in [1.165, 1.54) is 12.3 Å². The number of rotatable bonds is 2. The number of hydrogen-bond donors (Lipinski definition) is 2. The van der Waals surface area contributed by atoms with Crippen LogP contribution in [0.2, 0.25) is 0 Å². The molecule has 1 aliphatic heterocycles. The molecule has 0 fully saturated rings. The Morgan fingerprint density at radius 2 is 2.00 bits per heavy atom. The number of carbonyl (C=O) groups excluding carboxylic acids is 1. The minimum atomic E-state index is -0.995. The zero-order valence-electron chi connectivity index (χ0n) is 10.9. The second-order valence-electron chi connectivity index (χ2n) is 4.75. The molecule has 7 nitrogen and oxygen atoms in total. The normalized spacial score (nSPS) is 13.0. The van der Waals surface area contributed by atoms with Crippen molar-refractivity contribution in [2.45, 2.75) is 13.1 Å². The molecule has 1 aliphatic rings. The topological polar surface area (TPSA) is 103 Å². The number of nitrogens with zero attached hydrogens (tertiary/aromatic N) is 2. The summed E-state index contributed by atoms with van der Waals surface area (Å²) in [6.45, 7) is 0.727. The van der Waals surface area contributed by atoms with Gasteiger partial charge in [0.1, 0.15) is 5.69 Å². The number of aromatic amines is 1. The van der Waals surface area contributed by atoms with E-state index in [4.69, 9.17) is 5.11 Å². The highest BCUT2D eigenvalue weighted by atomic mass is 16.4. The fraction of sp³-hybridized carbons (Fsp3) is 0.143. The Kier molecular flexibility index (Phi) is 3.02. The van der Waals surface area contributed by atoms with Crippen molar-refractivity contribution in [1.29, 1.82) is 0 Å². The molecule has 0 radical (unpaired) electrons. The number of nitrogens with one attached hydrogen (secondary N) is 1. The van der Waals surface area contributed by atoms with Crippen LogP contribution in [0.1, 0.15) is 32.0 Å². The van der Waals surface area contributed by atoms with Gasteiger partial charge in [-0.2, -0.15) is 0 Å². The van der Waals surface area contributed by atoms with Crippen LogP contribution < -0.4 is 5.56 Å². The third-order valence-electron chi connectivity index (χ3n) is 3.35. The Balaban J connectivity index is 1.84. The lowest BCUT2D eigenvalue weighted by atomic mass is 10.1. The molecule has 2 aromatic rings. The van der Waals surface area contributed by atoms with Crippen molar-refractivity contribution in [3.8, 4) is 0 Å². The number of H-pyrrole nitrogens is 1. The summed E-state index contributed by atoms with van der Waals surface area (Å²) in [6, 6.07) is 4.81. The van der Waals surface area contributed by atoms with Crippen molar-refractivity contribution in [1.82, 2.24) is 14.9 Å². The van der Waals surface area contributed by atoms with E-state index in [0.717, 1.165) is 17.3 Å². The zero-order valence-corrected chi connectivity index (χ0v) is 10.9. The quantitative estimate of drug-likeness (QED) is 0.842. The molecule has 21 heavy (non-hydrogen) atoms. The number of hydrogen-bond acceptors (Lipinski definition) is 4. The molecule has 7 heteroatoms. The number of aromatic nitrogens is 2. The highest BCUT2D eigenvalue weighted by Gasteiger charge is 2.25. The molecule has 0 bridgehead atoms. The molecule has 3 rings (SSSR count). The van der Waals surface area contributed by atoms with Crippen LogP contribution in [0.15, 0.2) is 35.4 Å². The Hall–Kier alpha value is -2.96. The third-order valence-corrected chi connectivity index (χ3v) is 3.35. The summed E-state index contributed by atoms with van der Waals surface area (Å²) in [5.41, 5.74) is 1.71. The first-order valence-corrected chi connectivity index (χ1v) is 6.24. The summed E-state index contributed by atoms with van der Waals surface area (Å²) in [5.74, 6) is -1.30. The third kappa shape index (κ3) is 2.40. The number of amides is 1. The van der Waals surface area contributed by atoms with Crippen LogP contribution in [-0.4, -0.2) is 31.9 Å². The van der Waals surface area contributed by atoms with Crippen LogP contribution >= 0.6 is 0 Å². The molecular weight excluding hydrogens is 274 g/mol. The molecule has 2 N–H and O–H groups in total. The molecule has 0 saturated carbocycles. The lowest BCUT2D eigenvalue weighted by Gasteiger charge is -2.14. The first kappa shape index (κ1) is 13.0. The number of benzene rings is 1. The summed E-state index contributed by atoms with van der Waals surface area (Å²) in [6.07, 6.45) is 2.33. The molecule has 2 heterocycles. The largest absolute Gasteiger partial charge is 0.478 e. The van der Waals surface area contributed by atoms with Crippen molar-refractivity contribution in [2.24, 2.45) is 0 Å². The van der Waals surface area contributed by atoms with Gasteiger partial charge in [0.05, 0.1) is 11.8 Å². The van der Waals surface area contributed by atoms with Crippen molar-refractivity contribution in [3.05, 3.63) is 63.3 Å². The average molecular weight is 285 g/mol. The maximum atomic E-state index is 12.3. The van der Waals surface area contributed by atoms with Gasteiger partial charge in [-0.3, -0.25) is 9.59 Å². The average Bonchev–Trinajstić information content (AvgIpc) is 2.90. The molecule has 0 unspecified atom stereocenters. The van der Waals surface area contributed by atoms with Crippen LogP contribution in [0.3, 0.4) is 0 Å². The van der Waals surface area contributed by atoms with Gasteiger partial charge in [0.25, 0.3) is 11.5 Å². The number of carboxylic acids is 1. The first-order chi connectivity index (χ1) is 10.0. The molecule has 1 amide bonds. The molecule has 1 aromatic carbocycles. The summed E-state index contributed by atoms with van der Waals surface area (Å²) < 4.78 is 0. The zero-order chi connectivity index (χ0) is 15.0. The van der Waals surface area contributed by atoms with Gasteiger partial charge in [-0.1, -0.05) is 6.07 Å². The predicted octanol–water partition coefficient (Wildman–Crippen LogP) is 0.624. The number of carboxylic acid groups (broad SMARTS) is 1. The highest BCUT2D eigenvalue weighted by molar-refractivity contribution is 5.92. The van der Waals surface area contributed by atoms with E-state index in [9.17, 15) is 14.4 Å². The van der Waals surface area contributed by atoms with Crippen LogP contribution in [0.25, 0.3) is 0 Å². The number of carbonyl (C=O) groups is 2. The van der Waals surface area contributed by atoms with Gasteiger partial charge in [-0.05, 0) is 23.3 Å². The fourth-order valence-electron chi connectivity index (χ4n) is 2.29. The van der Waals surface area contributed by atoms with E-state index in [-0.39, 0.29) is 22.7 Å². The minimum Gasteiger partial charge on any atom is -0.478 e. The Morgan fingerprint density at radius 1 is 1.24 bits per heavy atom. The molecule has 0 atom stereocenters. The molecular formula is C14H11N3O4. The van der Waals surface area contributed by atoms with Crippen molar-refractivity contribution in [3.63, 3.8) is 0 Å². The van der Waals surface area contributed by atoms with Crippen molar-refractivity contribution < 1.29 is 14.7 Å². The van der Waals surface area contributed by atoms with Gasteiger partial charge in [0, 0.05) is 19.3 Å². The van der Waals surface area contributed by atoms with Gasteiger partial charge in [0.15, 0.2) is 0 Å².